The van der Waals surface area contributed by atoms with Gasteiger partial charge >= 0.3 is 0 Å². The van der Waals surface area contributed by atoms with Gasteiger partial charge in [-0.05, 0) is 50.1 Å². The third-order valence-corrected chi connectivity index (χ3v) is 4.91. The van der Waals surface area contributed by atoms with E-state index < -0.39 is 10.0 Å². The summed E-state index contributed by atoms with van der Waals surface area (Å²) in [6, 6.07) is 6.97. The fraction of sp³-hybridized carbons (Fsp3) is 0.400. The molecule has 1 heterocycles. The SMILES string of the molecule is Cc1ccc(S(=O)(=O)NCCCCCN)c2cccnc12. The van der Waals surface area contributed by atoms with Crippen LogP contribution in [-0.2, 0) is 10.0 Å². The highest BCUT2D eigenvalue weighted by Gasteiger charge is 2.17. The molecule has 0 bridgehead atoms. The third-order valence-electron chi connectivity index (χ3n) is 3.39. The third kappa shape index (κ3) is 3.78. The average Bonchev–Trinajstić information content (AvgIpc) is 2.47. The lowest BCUT2D eigenvalue weighted by atomic mass is 10.1. The van der Waals surface area contributed by atoms with Crippen molar-refractivity contribution < 1.29 is 8.42 Å². The maximum absolute atomic E-state index is 12.4. The second-order valence-corrected chi connectivity index (χ2v) is 6.76. The molecule has 5 nitrogen and oxygen atoms in total. The Morgan fingerprint density at radius 3 is 2.76 bits per heavy atom. The minimum absolute atomic E-state index is 0.287. The molecule has 1 aromatic heterocycles. The summed E-state index contributed by atoms with van der Waals surface area (Å²) in [5.41, 5.74) is 7.11. The maximum Gasteiger partial charge on any atom is 0.241 e. The van der Waals surface area contributed by atoms with E-state index in [1.165, 1.54) is 0 Å². The zero-order valence-electron chi connectivity index (χ0n) is 12.2. The van der Waals surface area contributed by atoms with E-state index in [1.54, 1.807) is 30.5 Å². The molecule has 2 aromatic rings. The molecule has 0 amide bonds. The highest BCUT2D eigenvalue weighted by molar-refractivity contribution is 7.89. The Hall–Kier alpha value is -1.50. The number of hydrogen-bond acceptors (Lipinski definition) is 4. The van der Waals surface area contributed by atoms with E-state index >= 15 is 0 Å². The van der Waals surface area contributed by atoms with Gasteiger partial charge in [0, 0.05) is 18.1 Å². The summed E-state index contributed by atoms with van der Waals surface area (Å²) in [7, 11) is -3.51. The molecule has 2 rings (SSSR count). The lowest BCUT2D eigenvalue weighted by molar-refractivity contribution is 0.575. The van der Waals surface area contributed by atoms with Crippen LogP contribution in [0, 0.1) is 6.92 Å². The molecule has 0 saturated carbocycles. The summed E-state index contributed by atoms with van der Waals surface area (Å²) >= 11 is 0. The molecule has 0 atom stereocenters. The van der Waals surface area contributed by atoms with Crippen LogP contribution in [0.5, 0.6) is 0 Å². The van der Waals surface area contributed by atoms with E-state index in [9.17, 15) is 8.42 Å². The molecular formula is C15H21N3O2S. The largest absolute Gasteiger partial charge is 0.330 e. The predicted molar refractivity (Wildman–Crippen MR) is 84.6 cm³/mol. The lowest BCUT2D eigenvalue weighted by Crippen LogP contribution is -2.25. The first kappa shape index (κ1) is 15.9. The van der Waals surface area contributed by atoms with Gasteiger partial charge in [0.05, 0.1) is 10.4 Å². The first-order valence-corrected chi connectivity index (χ1v) is 8.58. The number of pyridine rings is 1. The van der Waals surface area contributed by atoms with Crippen molar-refractivity contribution in [3.63, 3.8) is 0 Å². The Bertz CT molecular complexity index is 714. The zero-order chi connectivity index (χ0) is 15.3. The quantitative estimate of drug-likeness (QED) is 0.766. The molecule has 1 aromatic carbocycles. The highest BCUT2D eigenvalue weighted by Crippen LogP contribution is 2.23. The lowest BCUT2D eigenvalue weighted by Gasteiger charge is -2.10. The number of nitrogens with zero attached hydrogens (tertiary/aromatic N) is 1. The van der Waals surface area contributed by atoms with E-state index in [4.69, 9.17) is 5.73 Å². The van der Waals surface area contributed by atoms with Gasteiger partial charge in [-0.25, -0.2) is 13.1 Å². The molecule has 0 fully saturated rings. The van der Waals surface area contributed by atoms with Crippen molar-refractivity contribution in [3.05, 3.63) is 36.0 Å². The van der Waals surface area contributed by atoms with Crippen molar-refractivity contribution in [1.29, 1.82) is 0 Å². The number of benzene rings is 1. The van der Waals surface area contributed by atoms with Crippen molar-refractivity contribution >= 4 is 20.9 Å². The molecular weight excluding hydrogens is 286 g/mol. The van der Waals surface area contributed by atoms with Crippen LogP contribution in [0.2, 0.25) is 0 Å². The van der Waals surface area contributed by atoms with Gasteiger partial charge in [0.15, 0.2) is 0 Å². The van der Waals surface area contributed by atoms with Crippen LogP contribution in [-0.4, -0.2) is 26.5 Å². The Morgan fingerprint density at radius 1 is 1.19 bits per heavy atom. The van der Waals surface area contributed by atoms with Crippen molar-refractivity contribution in [2.45, 2.75) is 31.1 Å². The van der Waals surface area contributed by atoms with E-state index in [-0.39, 0.29) is 4.90 Å². The fourth-order valence-corrected chi connectivity index (χ4v) is 3.52. The second kappa shape index (κ2) is 6.98. The topological polar surface area (TPSA) is 85.1 Å². The van der Waals surface area contributed by atoms with E-state index in [0.29, 0.717) is 18.5 Å². The van der Waals surface area contributed by atoms with Crippen LogP contribution in [0.3, 0.4) is 0 Å². The Labute approximate surface area is 125 Å². The second-order valence-electron chi connectivity index (χ2n) is 5.03. The van der Waals surface area contributed by atoms with Gasteiger partial charge in [-0.3, -0.25) is 4.98 Å². The normalized spacial score (nSPS) is 11.9. The molecule has 3 N–H and O–H groups in total. The number of hydrogen-bond donors (Lipinski definition) is 2. The molecule has 21 heavy (non-hydrogen) atoms. The highest BCUT2D eigenvalue weighted by atomic mass is 32.2. The number of sulfonamides is 1. The van der Waals surface area contributed by atoms with Crippen LogP contribution in [0.15, 0.2) is 35.4 Å². The summed E-state index contributed by atoms with van der Waals surface area (Å²) in [6.07, 6.45) is 4.30. The van der Waals surface area contributed by atoms with Gasteiger partial charge in [-0.2, -0.15) is 0 Å². The Morgan fingerprint density at radius 2 is 2.00 bits per heavy atom. The van der Waals surface area contributed by atoms with Crippen molar-refractivity contribution in [2.24, 2.45) is 5.73 Å². The minimum atomic E-state index is -3.51. The molecule has 6 heteroatoms. The van der Waals surface area contributed by atoms with Crippen LogP contribution in [0.25, 0.3) is 10.9 Å². The molecule has 0 saturated heterocycles. The monoisotopic (exact) mass is 307 g/mol. The molecule has 0 aliphatic carbocycles. The smallest absolute Gasteiger partial charge is 0.241 e. The predicted octanol–water partition coefficient (Wildman–Crippen LogP) is 1.95. The molecule has 0 spiro atoms. The summed E-state index contributed by atoms with van der Waals surface area (Å²) < 4.78 is 27.5. The van der Waals surface area contributed by atoms with E-state index in [2.05, 4.69) is 9.71 Å². The summed E-state index contributed by atoms with van der Waals surface area (Å²) in [6.45, 7) is 2.99. The standard InChI is InChI=1S/C15H21N3O2S/c1-12-7-8-14(13-6-5-10-17-15(12)13)21(19,20)18-11-4-2-3-9-16/h5-8,10,18H,2-4,9,11,16H2,1H3. The molecule has 0 aliphatic heterocycles. The number of aryl methyl sites for hydroxylation is 1. The number of nitrogens with two attached hydrogens (primary N) is 1. The number of rotatable bonds is 7. The van der Waals surface area contributed by atoms with Crippen LogP contribution in [0.1, 0.15) is 24.8 Å². The number of nitrogens with one attached hydrogen (secondary N) is 1. The molecule has 0 aliphatic rings. The Balaban J connectivity index is 2.23. The average molecular weight is 307 g/mol. The molecule has 0 radical (unpaired) electrons. The van der Waals surface area contributed by atoms with Gasteiger partial charge in [-0.1, -0.05) is 12.5 Å². The van der Waals surface area contributed by atoms with Crippen LogP contribution >= 0.6 is 0 Å². The van der Waals surface area contributed by atoms with Gasteiger partial charge in [0.2, 0.25) is 10.0 Å². The van der Waals surface area contributed by atoms with Crippen molar-refractivity contribution in [1.82, 2.24) is 9.71 Å². The van der Waals surface area contributed by atoms with E-state index in [0.717, 1.165) is 30.3 Å². The number of unbranched alkanes of at least 4 members (excludes halogenated alkanes) is 2. The van der Waals surface area contributed by atoms with Gasteiger partial charge < -0.3 is 5.73 Å². The first-order valence-electron chi connectivity index (χ1n) is 7.10. The van der Waals surface area contributed by atoms with Gasteiger partial charge in [0.25, 0.3) is 0 Å². The fourth-order valence-electron chi connectivity index (χ4n) is 2.25. The summed E-state index contributed by atoms with van der Waals surface area (Å²) in [4.78, 5) is 4.56. The number of aromatic nitrogens is 1. The molecule has 114 valence electrons. The first-order chi connectivity index (χ1) is 10.1. The van der Waals surface area contributed by atoms with E-state index in [1.807, 2.05) is 6.92 Å². The molecule has 0 unspecified atom stereocenters. The van der Waals surface area contributed by atoms with Gasteiger partial charge in [0.1, 0.15) is 0 Å². The van der Waals surface area contributed by atoms with Crippen molar-refractivity contribution in [2.75, 3.05) is 13.1 Å². The Kier molecular flexibility index (Phi) is 5.27. The zero-order valence-corrected chi connectivity index (χ0v) is 13.0. The summed E-state index contributed by atoms with van der Waals surface area (Å²) in [5, 5.41) is 0.659. The van der Waals surface area contributed by atoms with Gasteiger partial charge in [-0.15, -0.1) is 0 Å². The number of fused-ring (bicyclic) bond motifs is 1. The maximum atomic E-state index is 12.4. The minimum Gasteiger partial charge on any atom is -0.330 e. The van der Waals surface area contributed by atoms with Crippen LogP contribution < -0.4 is 10.5 Å². The van der Waals surface area contributed by atoms with Crippen molar-refractivity contribution in [3.8, 4) is 0 Å². The summed E-state index contributed by atoms with van der Waals surface area (Å²) in [5.74, 6) is 0. The van der Waals surface area contributed by atoms with Crippen LogP contribution in [0.4, 0.5) is 0 Å².